The van der Waals surface area contributed by atoms with Gasteiger partial charge in [0.15, 0.2) is 0 Å². The molecule has 15 heteroatoms. The molecule has 44 heavy (non-hydrogen) atoms. The molecule has 2 saturated heterocycles. The maximum atomic E-state index is 13.4. The van der Waals surface area contributed by atoms with Gasteiger partial charge in [-0.25, -0.2) is 26.4 Å². The molecular weight excluding hydrogens is 612 g/mol. The first-order valence-electron chi connectivity index (χ1n) is 14.4. The average Bonchev–Trinajstić information content (AvgIpc) is 3.49. The third-order valence-corrected chi connectivity index (χ3v) is 10.8. The summed E-state index contributed by atoms with van der Waals surface area (Å²) in [6.45, 7) is 4.56. The Hall–Kier alpha value is -3.53. The molecule has 2 aromatic carbocycles. The Morgan fingerprint density at radius 2 is 1.57 bits per heavy atom. The third-order valence-electron chi connectivity index (χ3n) is 7.56. The number of nitrogens with one attached hydrogen (secondary N) is 1. The Morgan fingerprint density at radius 1 is 0.932 bits per heavy atom. The second-order valence-electron chi connectivity index (χ2n) is 10.8. The van der Waals surface area contributed by atoms with E-state index in [0.717, 1.165) is 11.8 Å². The largest absolute Gasteiger partial charge is 0.464 e. The molecule has 0 bridgehead atoms. The number of aryl methyl sites for hydroxylation is 1. The van der Waals surface area contributed by atoms with Crippen LogP contribution < -0.4 is 10.1 Å². The quantitative estimate of drug-likeness (QED) is 0.376. The molecule has 2 atom stereocenters. The lowest BCUT2D eigenvalue weighted by Gasteiger charge is -2.32. The van der Waals surface area contributed by atoms with Gasteiger partial charge in [-0.3, -0.25) is 4.79 Å². The number of piperazine rings is 1. The van der Waals surface area contributed by atoms with Gasteiger partial charge in [-0.15, -0.1) is 0 Å². The zero-order valence-corrected chi connectivity index (χ0v) is 26.6. The maximum absolute atomic E-state index is 13.4. The van der Waals surface area contributed by atoms with Crippen LogP contribution in [0.2, 0.25) is 0 Å². The van der Waals surface area contributed by atoms with E-state index in [-0.39, 0.29) is 56.4 Å². The summed E-state index contributed by atoms with van der Waals surface area (Å²) in [5.41, 5.74) is 1.55. The van der Waals surface area contributed by atoms with Crippen LogP contribution in [-0.4, -0.2) is 106 Å². The number of amides is 2. The van der Waals surface area contributed by atoms with Crippen LogP contribution in [0.15, 0.2) is 53.4 Å². The van der Waals surface area contributed by atoms with Gasteiger partial charge in [0.05, 0.1) is 17.8 Å². The Bertz CT molecular complexity index is 1550. The van der Waals surface area contributed by atoms with E-state index in [1.807, 2.05) is 6.92 Å². The van der Waals surface area contributed by atoms with E-state index >= 15 is 0 Å². The molecule has 13 nitrogen and oxygen atoms in total. The number of nitrogens with zero attached hydrogens (tertiary/aromatic N) is 3. The van der Waals surface area contributed by atoms with Crippen molar-refractivity contribution in [2.75, 3.05) is 45.6 Å². The molecule has 0 aromatic heterocycles. The molecule has 2 amide bonds. The predicted molar refractivity (Wildman–Crippen MR) is 161 cm³/mol. The van der Waals surface area contributed by atoms with E-state index in [2.05, 4.69) is 5.32 Å². The fraction of sp³-hybridized carbons (Fsp3) is 0.483. The average molecular weight is 651 g/mol. The molecule has 0 spiro atoms. The lowest BCUT2D eigenvalue weighted by atomic mass is 10.0. The number of benzene rings is 2. The van der Waals surface area contributed by atoms with Crippen molar-refractivity contribution < 1.29 is 40.7 Å². The Labute approximate surface area is 258 Å². The van der Waals surface area contributed by atoms with Gasteiger partial charge in [0.2, 0.25) is 26.0 Å². The van der Waals surface area contributed by atoms with E-state index in [9.17, 15) is 31.2 Å². The van der Waals surface area contributed by atoms with Crippen LogP contribution in [-0.2, 0) is 40.8 Å². The summed E-state index contributed by atoms with van der Waals surface area (Å²) >= 11 is 0. The summed E-state index contributed by atoms with van der Waals surface area (Å²) in [7, 11) is -7.25. The van der Waals surface area contributed by atoms with Crippen LogP contribution in [0, 0.1) is 6.92 Å². The van der Waals surface area contributed by atoms with Gasteiger partial charge >= 0.3 is 12.1 Å². The first kappa shape index (κ1) is 33.4. The minimum Gasteiger partial charge on any atom is -0.464 e. The van der Waals surface area contributed by atoms with Crippen molar-refractivity contribution in [2.24, 2.45) is 0 Å². The fourth-order valence-corrected chi connectivity index (χ4v) is 7.62. The molecule has 2 fully saturated rings. The number of ether oxygens (including phenoxy) is 2. The predicted octanol–water partition coefficient (Wildman–Crippen LogP) is 1.51. The van der Waals surface area contributed by atoms with Crippen molar-refractivity contribution in [1.29, 1.82) is 0 Å². The number of rotatable bonds is 10. The van der Waals surface area contributed by atoms with Crippen molar-refractivity contribution in [1.82, 2.24) is 18.8 Å². The van der Waals surface area contributed by atoms with Crippen molar-refractivity contribution in [3.63, 3.8) is 0 Å². The molecule has 0 radical (unpaired) electrons. The fourth-order valence-electron chi connectivity index (χ4n) is 5.14. The number of sulfonamides is 2. The van der Waals surface area contributed by atoms with E-state index in [1.165, 1.54) is 25.6 Å². The molecule has 2 aromatic rings. The SMILES string of the molecule is CCOC(=O)[C@H](Cc1ccc(OC(=O)N2CCN(S(C)(=O)=O)CC2)cc1)NC(=O)[C@@H]1CCCN1S(=O)(=O)c1ccc(C)cc1. The Balaban J connectivity index is 1.39. The molecular formula is C29H38N4O9S2. The Morgan fingerprint density at radius 3 is 2.16 bits per heavy atom. The standard InChI is InChI=1S/C29H38N4O9S2/c1-4-41-28(35)25(30-27(34)26-6-5-15-33(26)44(39,40)24-13-7-21(2)8-14-24)20-22-9-11-23(12-10-22)42-29(36)31-16-18-32(19-17-31)43(3,37)38/h7-14,25-26H,4-6,15-20H2,1-3H3,(H,30,34)/t25-,26-/m0/s1. The highest BCUT2D eigenvalue weighted by Gasteiger charge is 2.40. The summed E-state index contributed by atoms with van der Waals surface area (Å²) in [6, 6.07) is 10.8. The van der Waals surface area contributed by atoms with Gasteiger partial charge in [0, 0.05) is 39.1 Å². The zero-order chi connectivity index (χ0) is 32.1. The second-order valence-corrected chi connectivity index (χ2v) is 14.6. The lowest BCUT2D eigenvalue weighted by Crippen LogP contribution is -2.51. The molecule has 1 N–H and O–H groups in total. The first-order chi connectivity index (χ1) is 20.8. The summed E-state index contributed by atoms with van der Waals surface area (Å²) in [5, 5.41) is 2.70. The van der Waals surface area contributed by atoms with Crippen LogP contribution in [0.3, 0.4) is 0 Å². The van der Waals surface area contributed by atoms with Crippen LogP contribution in [0.25, 0.3) is 0 Å². The van der Waals surface area contributed by atoms with Crippen LogP contribution in [0.5, 0.6) is 5.75 Å². The number of hydrogen-bond donors (Lipinski definition) is 1. The molecule has 0 saturated carbocycles. The van der Waals surface area contributed by atoms with Crippen LogP contribution in [0.1, 0.15) is 30.9 Å². The first-order valence-corrected chi connectivity index (χ1v) is 17.6. The molecule has 2 aliphatic rings. The zero-order valence-electron chi connectivity index (χ0n) is 25.0. The molecule has 2 heterocycles. The summed E-state index contributed by atoms with van der Waals surface area (Å²) in [5.74, 6) is -0.989. The van der Waals surface area contributed by atoms with Crippen LogP contribution >= 0.6 is 0 Å². The number of hydrogen-bond acceptors (Lipinski definition) is 9. The highest BCUT2D eigenvalue weighted by Crippen LogP contribution is 2.27. The number of carbonyl (C=O) groups is 3. The molecule has 2 aliphatic heterocycles. The maximum Gasteiger partial charge on any atom is 0.415 e. The van der Waals surface area contributed by atoms with Gasteiger partial charge in [-0.05, 0) is 56.5 Å². The summed E-state index contributed by atoms with van der Waals surface area (Å²) < 4.78 is 63.1. The van der Waals surface area contributed by atoms with Crippen LogP contribution in [0.4, 0.5) is 4.79 Å². The lowest BCUT2D eigenvalue weighted by molar-refractivity contribution is -0.147. The van der Waals surface area contributed by atoms with E-state index in [1.54, 1.807) is 43.3 Å². The summed E-state index contributed by atoms with van der Waals surface area (Å²) in [6.07, 6.45) is 1.39. The van der Waals surface area contributed by atoms with Gasteiger partial charge in [0.25, 0.3) is 0 Å². The third kappa shape index (κ3) is 8.14. The molecule has 0 unspecified atom stereocenters. The minimum atomic E-state index is -3.92. The minimum absolute atomic E-state index is 0.0592. The Kier molecular flexibility index (Phi) is 10.7. The molecule has 4 rings (SSSR count). The molecule has 240 valence electrons. The van der Waals surface area contributed by atoms with E-state index < -0.39 is 50.1 Å². The van der Waals surface area contributed by atoms with Gasteiger partial charge < -0.3 is 19.7 Å². The van der Waals surface area contributed by atoms with Gasteiger partial charge in [0.1, 0.15) is 17.8 Å². The second kappa shape index (κ2) is 14.1. The van der Waals surface area contributed by atoms with Gasteiger partial charge in [-0.1, -0.05) is 29.8 Å². The van der Waals surface area contributed by atoms with Crippen molar-refractivity contribution >= 4 is 38.0 Å². The highest BCUT2D eigenvalue weighted by molar-refractivity contribution is 7.89. The van der Waals surface area contributed by atoms with E-state index in [0.29, 0.717) is 18.4 Å². The van der Waals surface area contributed by atoms with Crippen molar-refractivity contribution in [3.8, 4) is 5.75 Å². The number of carbonyl (C=O) groups excluding carboxylic acids is 3. The smallest absolute Gasteiger partial charge is 0.415 e. The normalized spacial score (nSPS) is 18.9. The highest BCUT2D eigenvalue weighted by atomic mass is 32.2. The monoisotopic (exact) mass is 650 g/mol. The topological polar surface area (TPSA) is 160 Å². The summed E-state index contributed by atoms with van der Waals surface area (Å²) in [4.78, 5) is 40.3. The number of esters is 1. The van der Waals surface area contributed by atoms with Crippen molar-refractivity contribution in [3.05, 3.63) is 59.7 Å². The van der Waals surface area contributed by atoms with E-state index in [4.69, 9.17) is 9.47 Å². The van der Waals surface area contributed by atoms with Gasteiger partial charge in [-0.2, -0.15) is 8.61 Å². The van der Waals surface area contributed by atoms with Crippen molar-refractivity contribution in [2.45, 2.75) is 50.1 Å². The molecule has 0 aliphatic carbocycles.